The lowest BCUT2D eigenvalue weighted by atomic mass is 9.96. The molecule has 9 heteroatoms. The van der Waals surface area contributed by atoms with Crippen LogP contribution in [0.15, 0.2) is 29.3 Å². The van der Waals surface area contributed by atoms with Crippen molar-refractivity contribution in [3.63, 3.8) is 0 Å². The zero-order valence-electron chi connectivity index (χ0n) is 18.5. The number of thioether (sulfide) groups is 1. The Kier molecular flexibility index (Phi) is 9.42. The van der Waals surface area contributed by atoms with E-state index in [1.165, 1.54) is 12.2 Å². The van der Waals surface area contributed by atoms with Crippen LogP contribution < -0.4 is 10.2 Å². The van der Waals surface area contributed by atoms with Gasteiger partial charge in [0, 0.05) is 51.6 Å². The first-order valence-electron chi connectivity index (χ1n) is 11.2. The van der Waals surface area contributed by atoms with Crippen molar-refractivity contribution in [2.24, 2.45) is 4.99 Å². The number of hydrogen-bond acceptors (Lipinski definition) is 6. The first kappa shape index (κ1) is 24.7. The van der Waals surface area contributed by atoms with Crippen molar-refractivity contribution in [3.05, 3.63) is 24.3 Å². The number of halogens is 1. The van der Waals surface area contributed by atoms with Gasteiger partial charge in [0.05, 0.1) is 31.0 Å². The van der Waals surface area contributed by atoms with E-state index in [4.69, 9.17) is 9.73 Å². The third kappa shape index (κ3) is 5.91. The smallest absolute Gasteiger partial charge is 0.194 e. The molecular weight excluding hydrogens is 525 g/mol. The van der Waals surface area contributed by atoms with Crippen LogP contribution >= 0.6 is 35.7 Å². The lowest BCUT2D eigenvalue weighted by molar-refractivity contribution is -0.0105. The SMILES string of the molecule is CCNC(=NCC1(N2CCOCC2)CCSC1)N1CCN(c2ccccc2O)CC1.I. The van der Waals surface area contributed by atoms with Crippen LogP contribution in [0.1, 0.15) is 13.3 Å². The number of aromatic hydroxyl groups is 1. The molecule has 0 spiro atoms. The molecule has 0 amide bonds. The molecule has 31 heavy (non-hydrogen) atoms. The Bertz CT molecular complexity index is 718. The Labute approximate surface area is 207 Å². The molecule has 3 aliphatic heterocycles. The topological polar surface area (TPSA) is 63.6 Å². The standard InChI is InChI=1S/C22H35N5O2S.HI/c1-2-23-21(24-17-22(7-16-30-18-22)27-12-14-29-15-13-27)26-10-8-25(9-11-26)19-5-3-4-6-20(19)28;/h3-6,28H,2,7-18H2,1H3,(H,23,24);1H. The molecule has 0 bridgehead atoms. The number of benzene rings is 1. The summed E-state index contributed by atoms with van der Waals surface area (Å²) >= 11 is 2.06. The van der Waals surface area contributed by atoms with E-state index in [2.05, 4.69) is 38.7 Å². The third-order valence-corrected chi connectivity index (χ3v) is 7.66. The Morgan fingerprint density at radius 2 is 1.90 bits per heavy atom. The molecule has 3 saturated heterocycles. The van der Waals surface area contributed by atoms with Crippen molar-refractivity contribution in [2.45, 2.75) is 18.9 Å². The van der Waals surface area contributed by atoms with Gasteiger partial charge >= 0.3 is 0 Å². The molecule has 1 unspecified atom stereocenters. The number of guanidine groups is 1. The molecule has 0 radical (unpaired) electrons. The summed E-state index contributed by atoms with van der Waals surface area (Å²) in [7, 11) is 0. The van der Waals surface area contributed by atoms with Gasteiger partial charge in [0.1, 0.15) is 5.75 Å². The van der Waals surface area contributed by atoms with Crippen molar-refractivity contribution in [3.8, 4) is 5.75 Å². The summed E-state index contributed by atoms with van der Waals surface area (Å²) in [5.74, 6) is 3.77. The molecule has 1 atom stereocenters. The number of morpholine rings is 1. The average molecular weight is 562 g/mol. The van der Waals surface area contributed by atoms with E-state index in [1.54, 1.807) is 6.07 Å². The fourth-order valence-electron chi connectivity index (χ4n) is 4.65. The van der Waals surface area contributed by atoms with Crippen LogP contribution in [0.2, 0.25) is 0 Å². The number of aliphatic imine (C=N–C) groups is 1. The zero-order chi connectivity index (χ0) is 20.8. The maximum Gasteiger partial charge on any atom is 0.194 e. The number of nitrogens with zero attached hydrogens (tertiary/aromatic N) is 4. The second kappa shape index (κ2) is 11.8. The number of nitrogens with one attached hydrogen (secondary N) is 1. The van der Waals surface area contributed by atoms with Crippen LogP contribution in [-0.4, -0.2) is 103 Å². The minimum absolute atomic E-state index is 0. The Morgan fingerprint density at radius 3 is 2.55 bits per heavy atom. The van der Waals surface area contributed by atoms with E-state index in [-0.39, 0.29) is 29.5 Å². The molecule has 2 N–H and O–H groups in total. The fourth-order valence-corrected chi connectivity index (χ4v) is 6.11. The van der Waals surface area contributed by atoms with Crippen molar-refractivity contribution < 1.29 is 9.84 Å². The molecule has 4 rings (SSSR count). The van der Waals surface area contributed by atoms with E-state index in [0.29, 0.717) is 5.75 Å². The Morgan fingerprint density at radius 1 is 1.16 bits per heavy atom. The normalized spacial score (nSPS) is 25.4. The summed E-state index contributed by atoms with van der Waals surface area (Å²) < 4.78 is 5.59. The molecule has 174 valence electrons. The second-order valence-electron chi connectivity index (χ2n) is 8.26. The molecule has 1 aromatic carbocycles. The molecule has 3 aliphatic rings. The van der Waals surface area contributed by atoms with Gasteiger partial charge in [0.25, 0.3) is 0 Å². The number of piperazine rings is 1. The van der Waals surface area contributed by atoms with Crippen LogP contribution in [0.3, 0.4) is 0 Å². The summed E-state index contributed by atoms with van der Waals surface area (Å²) in [4.78, 5) is 12.4. The number of hydrogen-bond donors (Lipinski definition) is 2. The predicted octanol–water partition coefficient (Wildman–Crippen LogP) is 2.31. The number of rotatable bonds is 5. The van der Waals surface area contributed by atoms with Crippen LogP contribution in [0.5, 0.6) is 5.75 Å². The van der Waals surface area contributed by atoms with Gasteiger partial charge in [-0.2, -0.15) is 11.8 Å². The molecular formula is C22H36IN5O2S. The van der Waals surface area contributed by atoms with E-state index in [1.807, 2.05) is 18.2 Å². The lowest BCUT2D eigenvalue weighted by Crippen LogP contribution is -2.57. The van der Waals surface area contributed by atoms with Gasteiger partial charge in [-0.3, -0.25) is 9.89 Å². The van der Waals surface area contributed by atoms with Crippen molar-refractivity contribution >= 4 is 47.4 Å². The largest absolute Gasteiger partial charge is 0.506 e. The Hall–Kier alpha value is -0.910. The van der Waals surface area contributed by atoms with Crippen LogP contribution in [0, 0.1) is 0 Å². The fraction of sp³-hybridized carbons (Fsp3) is 0.682. The van der Waals surface area contributed by atoms with Crippen molar-refractivity contribution in [2.75, 3.05) is 82.0 Å². The molecule has 3 heterocycles. The maximum absolute atomic E-state index is 10.2. The summed E-state index contributed by atoms with van der Waals surface area (Å²) in [6.45, 7) is 11.1. The summed E-state index contributed by atoms with van der Waals surface area (Å²) in [6, 6.07) is 7.61. The lowest BCUT2D eigenvalue weighted by Gasteiger charge is -2.42. The monoisotopic (exact) mass is 561 g/mol. The second-order valence-corrected chi connectivity index (χ2v) is 9.36. The number of anilines is 1. The number of ether oxygens (including phenoxy) is 1. The predicted molar refractivity (Wildman–Crippen MR) is 140 cm³/mol. The highest BCUT2D eigenvalue weighted by Gasteiger charge is 2.40. The highest BCUT2D eigenvalue weighted by Crippen LogP contribution is 2.34. The highest BCUT2D eigenvalue weighted by molar-refractivity contribution is 14.0. The number of phenolic OH excluding ortho intramolecular Hbond substituents is 1. The van der Waals surface area contributed by atoms with Gasteiger partial charge in [-0.1, -0.05) is 12.1 Å². The molecule has 1 aromatic rings. The van der Waals surface area contributed by atoms with Crippen LogP contribution in [0.4, 0.5) is 5.69 Å². The van der Waals surface area contributed by atoms with Gasteiger partial charge in [-0.15, -0.1) is 24.0 Å². The summed E-state index contributed by atoms with van der Waals surface area (Å²) in [5, 5.41) is 13.7. The molecule has 0 aliphatic carbocycles. The van der Waals surface area contributed by atoms with Crippen molar-refractivity contribution in [1.29, 1.82) is 0 Å². The number of phenols is 1. The van der Waals surface area contributed by atoms with E-state index in [9.17, 15) is 5.11 Å². The molecule has 7 nitrogen and oxygen atoms in total. The van der Waals surface area contributed by atoms with Crippen molar-refractivity contribution in [1.82, 2.24) is 15.1 Å². The van der Waals surface area contributed by atoms with Gasteiger partial charge in [-0.25, -0.2) is 0 Å². The molecule has 3 fully saturated rings. The summed E-state index contributed by atoms with van der Waals surface area (Å²) in [5.41, 5.74) is 1.10. The van der Waals surface area contributed by atoms with Gasteiger partial charge < -0.3 is 25.0 Å². The summed E-state index contributed by atoms with van der Waals surface area (Å²) in [6.07, 6.45) is 1.21. The molecule has 0 saturated carbocycles. The zero-order valence-corrected chi connectivity index (χ0v) is 21.6. The van der Waals surface area contributed by atoms with E-state index < -0.39 is 0 Å². The minimum Gasteiger partial charge on any atom is -0.506 e. The third-order valence-electron chi connectivity index (χ3n) is 6.42. The van der Waals surface area contributed by atoms with Gasteiger partial charge in [0.15, 0.2) is 5.96 Å². The van der Waals surface area contributed by atoms with E-state index in [0.717, 1.165) is 83.0 Å². The average Bonchev–Trinajstić information content (AvgIpc) is 3.28. The maximum atomic E-state index is 10.2. The highest BCUT2D eigenvalue weighted by atomic mass is 127. The number of para-hydroxylation sites is 2. The van der Waals surface area contributed by atoms with Crippen LogP contribution in [-0.2, 0) is 4.74 Å². The van der Waals surface area contributed by atoms with Crippen LogP contribution in [0.25, 0.3) is 0 Å². The quantitative estimate of drug-likeness (QED) is 0.325. The molecule has 0 aromatic heterocycles. The first-order valence-corrected chi connectivity index (χ1v) is 12.3. The minimum atomic E-state index is 0. The van der Waals surface area contributed by atoms with Gasteiger partial charge in [0.2, 0.25) is 0 Å². The van der Waals surface area contributed by atoms with Gasteiger partial charge in [-0.05, 0) is 31.2 Å². The first-order chi connectivity index (χ1) is 14.7. The van der Waals surface area contributed by atoms with E-state index >= 15 is 0 Å². The Balaban J connectivity index is 0.00000272.